The van der Waals surface area contributed by atoms with Crippen molar-refractivity contribution in [1.82, 2.24) is 4.90 Å². The van der Waals surface area contributed by atoms with E-state index in [0.717, 1.165) is 31.7 Å². The number of rotatable bonds is 7. The highest BCUT2D eigenvalue weighted by Crippen LogP contribution is 2.15. The van der Waals surface area contributed by atoms with E-state index in [1.807, 2.05) is 11.2 Å². The van der Waals surface area contributed by atoms with E-state index < -0.39 is 0 Å². The van der Waals surface area contributed by atoms with Crippen LogP contribution in [-0.2, 0) is 9.53 Å². The van der Waals surface area contributed by atoms with Crippen molar-refractivity contribution in [3.63, 3.8) is 0 Å². The Kier molecular flexibility index (Phi) is 9.87. The van der Waals surface area contributed by atoms with Gasteiger partial charge in [-0.15, -0.1) is 12.4 Å². The molecule has 1 rings (SSSR count). The Labute approximate surface area is 127 Å². The molecule has 1 unspecified atom stereocenters. The lowest BCUT2D eigenvalue weighted by Crippen LogP contribution is -2.43. The van der Waals surface area contributed by atoms with Crippen molar-refractivity contribution in [3.05, 3.63) is 0 Å². The average molecular weight is 311 g/mol. The van der Waals surface area contributed by atoms with Gasteiger partial charge in [-0.1, -0.05) is 13.8 Å². The maximum absolute atomic E-state index is 12.1. The first-order chi connectivity index (χ1) is 8.54. The molecule has 1 fully saturated rings. The van der Waals surface area contributed by atoms with Gasteiger partial charge in [-0.3, -0.25) is 4.79 Å². The molecule has 1 amide bonds. The normalized spacial score (nSPS) is 20.5. The van der Waals surface area contributed by atoms with E-state index in [2.05, 4.69) is 13.8 Å². The maximum Gasteiger partial charge on any atom is 0.239 e. The Balaban J connectivity index is 0.00000324. The summed E-state index contributed by atoms with van der Waals surface area (Å²) >= 11 is 1.73. The molecule has 0 spiro atoms. The Morgan fingerprint density at radius 3 is 2.79 bits per heavy atom. The zero-order valence-electron chi connectivity index (χ0n) is 12.1. The van der Waals surface area contributed by atoms with Gasteiger partial charge in [0.2, 0.25) is 5.91 Å². The van der Waals surface area contributed by atoms with Crippen LogP contribution in [0.2, 0.25) is 0 Å². The molecule has 1 saturated heterocycles. The van der Waals surface area contributed by atoms with Gasteiger partial charge >= 0.3 is 0 Å². The van der Waals surface area contributed by atoms with E-state index >= 15 is 0 Å². The Bertz CT molecular complexity index is 267. The monoisotopic (exact) mass is 310 g/mol. The summed E-state index contributed by atoms with van der Waals surface area (Å²) in [7, 11) is 0. The van der Waals surface area contributed by atoms with Gasteiger partial charge in [0.05, 0.1) is 12.1 Å². The Morgan fingerprint density at radius 1 is 1.53 bits per heavy atom. The van der Waals surface area contributed by atoms with E-state index in [4.69, 9.17) is 10.5 Å². The summed E-state index contributed by atoms with van der Waals surface area (Å²) in [5.74, 6) is 1.56. The molecule has 1 aliphatic rings. The van der Waals surface area contributed by atoms with Gasteiger partial charge in [0.15, 0.2) is 0 Å². The summed E-state index contributed by atoms with van der Waals surface area (Å²) in [5.41, 5.74) is 5.91. The summed E-state index contributed by atoms with van der Waals surface area (Å²) < 4.78 is 5.77. The summed E-state index contributed by atoms with van der Waals surface area (Å²) in [6, 6.07) is -0.346. The summed E-state index contributed by atoms with van der Waals surface area (Å²) in [6.45, 7) is 6.53. The molecule has 0 aliphatic carbocycles. The van der Waals surface area contributed by atoms with Crippen LogP contribution in [-0.4, -0.2) is 54.7 Å². The SMILES string of the molecule is CSCC[C@H](N)C(=O)N1CCC(OCC(C)C)C1.Cl. The van der Waals surface area contributed by atoms with Gasteiger partial charge < -0.3 is 15.4 Å². The van der Waals surface area contributed by atoms with Crippen LogP contribution in [0.25, 0.3) is 0 Å². The first-order valence-corrected chi connectivity index (χ1v) is 8.09. The molecule has 0 saturated carbocycles. The largest absolute Gasteiger partial charge is 0.376 e. The number of amides is 1. The Hall–Kier alpha value is 0.0300. The molecular weight excluding hydrogens is 284 g/mol. The molecule has 4 nitrogen and oxygen atoms in total. The average Bonchev–Trinajstić information content (AvgIpc) is 2.81. The number of ether oxygens (including phenoxy) is 1. The fourth-order valence-electron chi connectivity index (χ4n) is 2.00. The van der Waals surface area contributed by atoms with Gasteiger partial charge in [-0.2, -0.15) is 11.8 Å². The van der Waals surface area contributed by atoms with E-state index in [-0.39, 0.29) is 30.5 Å². The number of nitrogens with two attached hydrogens (primary N) is 1. The summed E-state index contributed by atoms with van der Waals surface area (Å²) in [5, 5.41) is 0. The van der Waals surface area contributed by atoms with Crippen LogP contribution >= 0.6 is 24.2 Å². The van der Waals surface area contributed by atoms with Gasteiger partial charge in [-0.25, -0.2) is 0 Å². The molecule has 1 aliphatic heterocycles. The quantitative estimate of drug-likeness (QED) is 0.778. The number of carbonyl (C=O) groups is 1. The molecule has 0 aromatic carbocycles. The lowest BCUT2D eigenvalue weighted by atomic mass is 10.2. The van der Waals surface area contributed by atoms with Crippen molar-refractivity contribution < 1.29 is 9.53 Å². The molecular formula is C13H27ClN2O2S. The van der Waals surface area contributed by atoms with Crippen molar-refractivity contribution in [2.75, 3.05) is 31.7 Å². The highest BCUT2D eigenvalue weighted by atomic mass is 35.5. The molecule has 2 N–H and O–H groups in total. The topological polar surface area (TPSA) is 55.6 Å². The molecule has 19 heavy (non-hydrogen) atoms. The first-order valence-electron chi connectivity index (χ1n) is 6.69. The third-order valence-electron chi connectivity index (χ3n) is 3.07. The first kappa shape index (κ1) is 19.0. The fraction of sp³-hybridized carbons (Fsp3) is 0.923. The van der Waals surface area contributed by atoms with Crippen LogP contribution in [0.15, 0.2) is 0 Å². The molecule has 1 heterocycles. The standard InChI is InChI=1S/C13H26N2O2S.ClH/c1-10(2)9-17-11-4-6-15(8-11)13(16)12(14)5-7-18-3;/h10-12H,4-9,14H2,1-3H3;1H/t11?,12-;/m0./s1. The van der Waals surface area contributed by atoms with E-state index in [0.29, 0.717) is 12.5 Å². The number of nitrogens with zero attached hydrogens (tertiary/aromatic N) is 1. The number of thioether (sulfide) groups is 1. The summed E-state index contributed by atoms with van der Waals surface area (Å²) in [4.78, 5) is 13.9. The van der Waals surface area contributed by atoms with Gasteiger partial charge in [0, 0.05) is 19.7 Å². The lowest BCUT2D eigenvalue weighted by Gasteiger charge is -2.21. The molecule has 6 heteroatoms. The van der Waals surface area contributed by atoms with Crippen LogP contribution in [0.4, 0.5) is 0 Å². The highest BCUT2D eigenvalue weighted by Gasteiger charge is 2.29. The predicted molar refractivity (Wildman–Crippen MR) is 84.0 cm³/mol. The molecule has 114 valence electrons. The smallest absolute Gasteiger partial charge is 0.239 e. The third-order valence-corrected chi connectivity index (χ3v) is 3.72. The van der Waals surface area contributed by atoms with Gasteiger partial charge in [-0.05, 0) is 30.8 Å². The predicted octanol–water partition coefficient (Wildman–Crippen LogP) is 1.76. The number of hydrogen-bond acceptors (Lipinski definition) is 4. The molecule has 0 aromatic rings. The van der Waals surface area contributed by atoms with Crippen LogP contribution in [0.3, 0.4) is 0 Å². The second kappa shape index (κ2) is 9.86. The van der Waals surface area contributed by atoms with Crippen molar-refractivity contribution in [3.8, 4) is 0 Å². The molecule has 0 aromatic heterocycles. The van der Waals surface area contributed by atoms with Crippen LogP contribution in [0.5, 0.6) is 0 Å². The van der Waals surface area contributed by atoms with Gasteiger partial charge in [0.1, 0.15) is 0 Å². The zero-order chi connectivity index (χ0) is 13.5. The number of hydrogen-bond donors (Lipinski definition) is 1. The van der Waals surface area contributed by atoms with E-state index in [1.165, 1.54) is 0 Å². The lowest BCUT2D eigenvalue weighted by molar-refractivity contribution is -0.132. The maximum atomic E-state index is 12.1. The number of carbonyl (C=O) groups excluding carboxylic acids is 1. The van der Waals surface area contributed by atoms with Gasteiger partial charge in [0.25, 0.3) is 0 Å². The minimum atomic E-state index is -0.346. The zero-order valence-corrected chi connectivity index (χ0v) is 13.8. The number of likely N-dealkylation sites (tertiary alicyclic amines) is 1. The third kappa shape index (κ3) is 6.84. The second-order valence-electron chi connectivity index (χ2n) is 5.31. The van der Waals surface area contributed by atoms with Crippen LogP contribution < -0.4 is 5.73 Å². The summed E-state index contributed by atoms with van der Waals surface area (Å²) in [6.07, 6.45) is 3.92. The fourth-order valence-corrected chi connectivity index (χ4v) is 2.49. The Morgan fingerprint density at radius 2 is 2.21 bits per heavy atom. The highest BCUT2D eigenvalue weighted by molar-refractivity contribution is 7.98. The minimum Gasteiger partial charge on any atom is -0.376 e. The molecule has 2 atom stereocenters. The van der Waals surface area contributed by atoms with Crippen molar-refractivity contribution in [2.24, 2.45) is 11.7 Å². The van der Waals surface area contributed by atoms with Crippen molar-refractivity contribution in [2.45, 2.75) is 38.8 Å². The van der Waals surface area contributed by atoms with E-state index in [1.54, 1.807) is 11.8 Å². The molecule has 0 bridgehead atoms. The number of halogens is 1. The second-order valence-corrected chi connectivity index (χ2v) is 6.30. The minimum absolute atomic E-state index is 0. The van der Waals surface area contributed by atoms with E-state index in [9.17, 15) is 4.79 Å². The molecule has 0 radical (unpaired) electrons. The van der Waals surface area contributed by atoms with Crippen LogP contribution in [0.1, 0.15) is 26.7 Å². The van der Waals surface area contributed by atoms with Crippen molar-refractivity contribution >= 4 is 30.1 Å². The van der Waals surface area contributed by atoms with Crippen LogP contribution in [0, 0.1) is 5.92 Å². The van der Waals surface area contributed by atoms with Crippen molar-refractivity contribution in [1.29, 1.82) is 0 Å².